The van der Waals surface area contributed by atoms with Crippen molar-refractivity contribution in [3.05, 3.63) is 59.4 Å². The lowest BCUT2D eigenvalue weighted by Crippen LogP contribution is -2.16. The lowest BCUT2D eigenvalue weighted by molar-refractivity contribution is 0.102. The van der Waals surface area contributed by atoms with Crippen LogP contribution in [0, 0.1) is 12.8 Å². The van der Waals surface area contributed by atoms with E-state index in [2.05, 4.69) is 29.1 Å². The molecule has 0 aliphatic carbocycles. The van der Waals surface area contributed by atoms with Crippen LogP contribution in [0.2, 0.25) is 0 Å². The van der Waals surface area contributed by atoms with Gasteiger partial charge in [0.2, 0.25) is 5.90 Å². The zero-order valence-electron chi connectivity index (χ0n) is 14.1. The Kier molecular flexibility index (Phi) is 4.60. The van der Waals surface area contributed by atoms with Crippen LogP contribution in [-0.4, -0.2) is 29.4 Å². The normalized spacial score (nSPS) is 16.7. The van der Waals surface area contributed by atoms with E-state index in [0.717, 1.165) is 11.3 Å². The summed E-state index contributed by atoms with van der Waals surface area (Å²) in [6, 6.07) is 13.1. The van der Waals surface area contributed by atoms with E-state index in [0.29, 0.717) is 29.8 Å². The molecule has 0 saturated heterocycles. The van der Waals surface area contributed by atoms with Crippen molar-refractivity contribution >= 4 is 17.5 Å². The van der Waals surface area contributed by atoms with Gasteiger partial charge in [0.05, 0.1) is 17.3 Å². The number of carbonyl (C=O) groups excluding carboxylic acids is 1. The summed E-state index contributed by atoms with van der Waals surface area (Å²) in [6.45, 7) is 6.68. The predicted octanol–water partition coefficient (Wildman–Crippen LogP) is 3.44. The van der Waals surface area contributed by atoms with Crippen molar-refractivity contribution in [1.82, 2.24) is 4.98 Å². The molecule has 0 radical (unpaired) electrons. The van der Waals surface area contributed by atoms with Crippen LogP contribution >= 0.6 is 0 Å². The van der Waals surface area contributed by atoms with Crippen LogP contribution in [0.5, 0.6) is 0 Å². The van der Waals surface area contributed by atoms with Crippen molar-refractivity contribution in [2.45, 2.75) is 26.8 Å². The highest BCUT2D eigenvalue weighted by Gasteiger charge is 2.24. The number of aryl methyl sites for hydroxylation is 1. The van der Waals surface area contributed by atoms with Crippen molar-refractivity contribution in [2.24, 2.45) is 10.9 Å². The second-order valence-electron chi connectivity index (χ2n) is 6.22. The Labute approximate surface area is 141 Å². The molecule has 3 rings (SSSR count). The molecule has 1 unspecified atom stereocenters. The minimum atomic E-state index is -0.245. The lowest BCUT2D eigenvalue weighted by atomic mass is 10.1. The number of aliphatic imine (C=N–C) groups is 1. The van der Waals surface area contributed by atoms with Gasteiger partial charge in [-0.3, -0.25) is 4.79 Å². The Bertz CT molecular complexity index is 784. The number of nitrogens with one attached hydrogen (secondary N) is 1. The van der Waals surface area contributed by atoms with Gasteiger partial charge in [0.25, 0.3) is 5.91 Å². The maximum atomic E-state index is 12.5. The van der Waals surface area contributed by atoms with Gasteiger partial charge in [0.15, 0.2) is 0 Å². The Hall–Kier alpha value is -2.69. The number of para-hydroxylation sites is 1. The maximum Gasteiger partial charge on any atom is 0.274 e. The number of hydrogen-bond donors (Lipinski definition) is 1. The van der Waals surface area contributed by atoms with Crippen LogP contribution in [0.25, 0.3) is 0 Å². The third-order valence-corrected chi connectivity index (χ3v) is 3.97. The van der Waals surface area contributed by atoms with E-state index in [9.17, 15) is 4.79 Å². The summed E-state index contributed by atoms with van der Waals surface area (Å²) in [5.74, 6) is 0.757. The average Bonchev–Trinajstić information content (AvgIpc) is 3.05. The molecular formula is C19H21N3O2. The zero-order valence-corrected chi connectivity index (χ0v) is 14.1. The molecule has 24 heavy (non-hydrogen) atoms. The van der Waals surface area contributed by atoms with E-state index in [1.807, 2.05) is 43.3 Å². The molecule has 5 heteroatoms. The van der Waals surface area contributed by atoms with Crippen molar-refractivity contribution in [3.63, 3.8) is 0 Å². The maximum absolute atomic E-state index is 12.5. The summed E-state index contributed by atoms with van der Waals surface area (Å²) >= 11 is 0. The summed E-state index contributed by atoms with van der Waals surface area (Å²) < 4.78 is 5.74. The molecule has 124 valence electrons. The predicted molar refractivity (Wildman–Crippen MR) is 94.5 cm³/mol. The van der Waals surface area contributed by atoms with Gasteiger partial charge in [0.1, 0.15) is 12.3 Å². The first-order chi connectivity index (χ1) is 11.5. The molecular weight excluding hydrogens is 302 g/mol. The molecule has 0 fully saturated rings. The number of anilines is 1. The van der Waals surface area contributed by atoms with Crippen molar-refractivity contribution in [1.29, 1.82) is 0 Å². The third-order valence-electron chi connectivity index (χ3n) is 3.97. The van der Waals surface area contributed by atoms with E-state index >= 15 is 0 Å². The molecule has 1 atom stereocenters. The van der Waals surface area contributed by atoms with E-state index in [1.54, 1.807) is 6.07 Å². The Morgan fingerprint density at radius 3 is 2.71 bits per heavy atom. The molecule has 1 aliphatic rings. The van der Waals surface area contributed by atoms with Crippen LogP contribution in [0.3, 0.4) is 0 Å². The molecule has 0 spiro atoms. The largest absolute Gasteiger partial charge is 0.475 e. The second kappa shape index (κ2) is 6.83. The smallest absolute Gasteiger partial charge is 0.274 e. The summed E-state index contributed by atoms with van der Waals surface area (Å²) in [7, 11) is 0. The molecule has 2 heterocycles. The van der Waals surface area contributed by atoms with Gasteiger partial charge in [-0.05, 0) is 37.1 Å². The van der Waals surface area contributed by atoms with Crippen LogP contribution in [0.4, 0.5) is 5.69 Å². The minimum absolute atomic E-state index is 0.155. The molecule has 1 aliphatic heterocycles. The van der Waals surface area contributed by atoms with E-state index < -0.39 is 0 Å². The highest BCUT2D eigenvalue weighted by atomic mass is 16.5. The number of benzene rings is 1. The number of rotatable bonds is 4. The highest BCUT2D eigenvalue weighted by molar-refractivity contribution is 6.08. The van der Waals surface area contributed by atoms with Crippen LogP contribution in [0.15, 0.2) is 47.5 Å². The summed E-state index contributed by atoms with van der Waals surface area (Å²) in [5.41, 5.74) is 2.66. The van der Waals surface area contributed by atoms with Gasteiger partial charge in [-0.2, -0.15) is 0 Å². The van der Waals surface area contributed by atoms with Gasteiger partial charge >= 0.3 is 0 Å². The minimum Gasteiger partial charge on any atom is -0.475 e. The molecule has 1 amide bonds. The Balaban J connectivity index is 1.85. The van der Waals surface area contributed by atoms with Crippen LogP contribution < -0.4 is 5.32 Å². The van der Waals surface area contributed by atoms with E-state index in [-0.39, 0.29) is 11.9 Å². The first-order valence-electron chi connectivity index (χ1n) is 8.09. The van der Waals surface area contributed by atoms with Crippen molar-refractivity contribution in [3.8, 4) is 0 Å². The number of ether oxygens (including phenoxy) is 1. The fraction of sp³-hybridized carbons (Fsp3) is 0.316. The van der Waals surface area contributed by atoms with Gasteiger partial charge in [-0.1, -0.05) is 32.0 Å². The first kappa shape index (κ1) is 16.2. The second-order valence-corrected chi connectivity index (χ2v) is 6.22. The zero-order chi connectivity index (χ0) is 17.1. The molecule has 0 saturated carbocycles. The molecule has 0 bridgehead atoms. The number of nitrogens with zero attached hydrogens (tertiary/aromatic N) is 2. The van der Waals surface area contributed by atoms with E-state index in [1.165, 1.54) is 0 Å². The number of aromatic nitrogens is 1. The van der Waals surface area contributed by atoms with Gasteiger partial charge < -0.3 is 10.1 Å². The third kappa shape index (κ3) is 3.45. The molecule has 1 aromatic heterocycles. The summed E-state index contributed by atoms with van der Waals surface area (Å²) in [5, 5.41) is 2.91. The summed E-state index contributed by atoms with van der Waals surface area (Å²) in [4.78, 5) is 21.3. The molecule has 5 nitrogen and oxygen atoms in total. The lowest BCUT2D eigenvalue weighted by Gasteiger charge is -2.10. The van der Waals surface area contributed by atoms with Gasteiger partial charge in [-0.15, -0.1) is 0 Å². The van der Waals surface area contributed by atoms with Crippen LogP contribution in [0.1, 0.15) is 35.6 Å². The fourth-order valence-corrected chi connectivity index (χ4v) is 2.51. The number of hydrogen-bond acceptors (Lipinski definition) is 4. The molecule has 1 aromatic carbocycles. The van der Waals surface area contributed by atoms with Crippen molar-refractivity contribution < 1.29 is 9.53 Å². The number of pyridine rings is 1. The topological polar surface area (TPSA) is 63.6 Å². The Morgan fingerprint density at radius 1 is 1.21 bits per heavy atom. The number of carbonyl (C=O) groups is 1. The van der Waals surface area contributed by atoms with Gasteiger partial charge in [-0.25, -0.2) is 9.98 Å². The highest BCUT2D eigenvalue weighted by Crippen LogP contribution is 2.23. The standard InChI is InChI=1S/C19H21N3O2/c1-12(2)17-11-24-19(22-17)14-8-4-5-9-15(14)21-18(23)16-10-6-7-13(3)20-16/h4-10,12,17H,11H2,1-3H3,(H,21,23). The first-order valence-corrected chi connectivity index (χ1v) is 8.09. The van der Waals surface area contributed by atoms with E-state index in [4.69, 9.17) is 4.74 Å². The average molecular weight is 323 g/mol. The van der Waals surface area contributed by atoms with Crippen LogP contribution in [-0.2, 0) is 4.74 Å². The quantitative estimate of drug-likeness (QED) is 0.937. The fourth-order valence-electron chi connectivity index (χ4n) is 2.51. The Morgan fingerprint density at radius 2 is 2.00 bits per heavy atom. The van der Waals surface area contributed by atoms with Crippen molar-refractivity contribution in [2.75, 3.05) is 11.9 Å². The SMILES string of the molecule is Cc1cccc(C(=O)Nc2ccccc2C2=NC(C(C)C)CO2)n1. The van der Waals surface area contributed by atoms with Gasteiger partial charge in [0, 0.05) is 5.69 Å². The monoisotopic (exact) mass is 323 g/mol. The number of amides is 1. The summed E-state index contributed by atoms with van der Waals surface area (Å²) in [6.07, 6.45) is 0. The molecule has 1 N–H and O–H groups in total. The molecule has 2 aromatic rings.